The molecule has 0 aliphatic heterocycles. The van der Waals surface area contributed by atoms with Crippen LogP contribution in [0.3, 0.4) is 0 Å². The molecule has 1 aromatic heterocycles. The molecule has 10 heteroatoms. The number of Topliss-reactive ketones (excluding diaryl/α,β-unsaturated/α-hetero) is 1. The zero-order chi connectivity index (χ0) is 24.7. The summed E-state index contributed by atoms with van der Waals surface area (Å²) in [6.07, 6.45) is -4.56. The third kappa shape index (κ3) is 4.64. The number of carbonyl (C=O) groups excluding carboxylic acids is 2. The number of amides is 1. The van der Waals surface area contributed by atoms with E-state index in [0.29, 0.717) is 0 Å². The molecule has 0 fully saturated rings. The topological polar surface area (TPSA) is 55.2 Å². The Hall–Kier alpha value is -3.56. The van der Waals surface area contributed by atoms with Crippen LogP contribution in [-0.4, -0.2) is 33.4 Å². The SMILES string of the molecule is Cc1nn(-c2cccc(C(F)(F)F)c2)c(C)c1C(=O)C(=O)N(C)C(C)c1ccc(F)c(F)c1. The zero-order valence-corrected chi connectivity index (χ0v) is 18.2. The van der Waals surface area contributed by atoms with Crippen molar-refractivity contribution in [3.05, 3.63) is 82.2 Å². The van der Waals surface area contributed by atoms with Gasteiger partial charge in [-0.3, -0.25) is 9.59 Å². The fraction of sp³-hybridized carbons (Fsp3) is 0.261. The Morgan fingerprint density at radius 3 is 2.30 bits per heavy atom. The quantitative estimate of drug-likeness (QED) is 0.296. The van der Waals surface area contributed by atoms with Gasteiger partial charge in [0.15, 0.2) is 11.6 Å². The molecule has 0 bridgehead atoms. The first kappa shape index (κ1) is 24.1. The van der Waals surface area contributed by atoms with E-state index in [1.807, 2.05) is 0 Å². The number of likely N-dealkylation sites (N-methyl/N-ethyl adjacent to an activating group) is 1. The highest BCUT2D eigenvalue weighted by Gasteiger charge is 2.32. The van der Waals surface area contributed by atoms with Crippen LogP contribution in [0.15, 0.2) is 42.5 Å². The van der Waals surface area contributed by atoms with Gasteiger partial charge in [0.25, 0.3) is 11.7 Å². The van der Waals surface area contributed by atoms with E-state index in [-0.39, 0.29) is 28.2 Å². The fourth-order valence-electron chi connectivity index (χ4n) is 3.48. The summed E-state index contributed by atoms with van der Waals surface area (Å²) in [5, 5.41) is 4.16. The molecule has 0 N–H and O–H groups in total. The normalized spacial score (nSPS) is 12.5. The summed E-state index contributed by atoms with van der Waals surface area (Å²) in [5.74, 6) is -3.97. The van der Waals surface area contributed by atoms with Gasteiger partial charge < -0.3 is 4.90 Å². The number of benzene rings is 2. The molecule has 1 atom stereocenters. The minimum Gasteiger partial charge on any atom is -0.332 e. The van der Waals surface area contributed by atoms with E-state index in [4.69, 9.17) is 0 Å². The molecule has 3 rings (SSSR count). The van der Waals surface area contributed by atoms with E-state index in [2.05, 4.69) is 5.10 Å². The molecule has 3 aromatic rings. The molecule has 1 heterocycles. The number of rotatable bonds is 5. The Kier molecular flexibility index (Phi) is 6.40. The average molecular weight is 465 g/mol. The van der Waals surface area contributed by atoms with Crippen molar-refractivity contribution in [1.82, 2.24) is 14.7 Å². The summed E-state index contributed by atoms with van der Waals surface area (Å²) in [6, 6.07) is 6.85. The van der Waals surface area contributed by atoms with Crippen molar-refractivity contribution in [3.8, 4) is 5.69 Å². The lowest BCUT2D eigenvalue weighted by Crippen LogP contribution is -2.35. The molecule has 33 heavy (non-hydrogen) atoms. The van der Waals surface area contributed by atoms with Crippen LogP contribution in [-0.2, 0) is 11.0 Å². The average Bonchev–Trinajstić information content (AvgIpc) is 3.07. The van der Waals surface area contributed by atoms with E-state index in [1.165, 1.54) is 43.8 Å². The number of aromatic nitrogens is 2. The standard InChI is InChI=1S/C23H20F5N3O2/c1-12-20(14(3)31(29-12)17-7-5-6-16(11-17)23(26,27)28)21(32)22(33)30(4)13(2)15-8-9-18(24)19(25)10-15/h5-11,13H,1-4H3. The lowest BCUT2D eigenvalue weighted by molar-refractivity contribution is -0.137. The van der Waals surface area contributed by atoms with Crippen LogP contribution in [0.1, 0.15) is 45.8 Å². The number of carbonyl (C=O) groups is 2. The van der Waals surface area contributed by atoms with E-state index in [0.717, 1.165) is 29.2 Å². The second-order valence-corrected chi connectivity index (χ2v) is 7.60. The van der Waals surface area contributed by atoms with Crippen molar-refractivity contribution >= 4 is 11.7 Å². The van der Waals surface area contributed by atoms with Crippen LogP contribution in [0.4, 0.5) is 22.0 Å². The van der Waals surface area contributed by atoms with Gasteiger partial charge in [0.1, 0.15) is 0 Å². The maximum absolute atomic E-state index is 13.6. The molecule has 0 saturated heterocycles. The Balaban J connectivity index is 1.92. The summed E-state index contributed by atoms with van der Waals surface area (Å²) in [7, 11) is 1.34. The number of halogens is 5. The molecule has 1 unspecified atom stereocenters. The molecule has 0 aliphatic carbocycles. The number of alkyl halides is 3. The van der Waals surface area contributed by atoms with Crippen LogP contribution < -0.4 is 0 Å². The third-order valence-corrected chi connectivity index (χ3v) is 5.46. The van der Waals surface area contributed by atoms with Crippen molar-refractivity contribution in [1.29, 1.82) is 0 Å². The Morgan fingerprint density at radius 1 is 1.03 bits per heavy atom. The first-order valence-corrected chi connectivity index (χ1v) is 9.83. The predicted octanol–water partition coefficient (Wildman–Crippen LogP) is 5.19. The van der Waals surface area contributed by atoms with Gasteiger partial charge in [-0.2, -0.15) is 18.3 Å². The second-order valence-electron chi connectivity index (χ2n) is 7.60. The molecule has 174 valence electrons. The van der Waals surface area contributed by atoms with Crippen LogP contribution in [0.25, 0.3) is 5.69 Å². The van der Waals surface area contributed by atoms with Gasteiger partial charge in [-0.05, 0) is 56.7 Å². The van der Waals surface area contributed by atoms with Gasteiger partial charge in [-0.15, -0.1) is 0 Å². The number of ketones is 1. The van der Waals surface area contributed by atoms with E-state index in [1.54, 1.807) is 6.92 Å². The number of hydrogen-bond donors (Lipinski definition) is 0. The first-order valence-electron chi connectivity index (χ1n) is 9.83. The fourth-order valence-corrected chi connectivity index (χ4v) is 3.48. The van der Waals surface area contributed by atoms with Crippen molar-refractivity contribution in [2.75, 3.05) is 7.05 Å². The van der Waals surface area contributed by atoms with Gasteiger partial charge in [0, 0.05) is 7.05 Å². The summed E-state index contributed by atoms with van der Waals surface area (Å²) in [5.41, 5.74) is -0.194. The highest BCUT2D eigenvalue weighted by molar-refractivity contribution is 6.43. The Bertz CT molecular complexity index is 1230. The summed E-state index contributed by atoms with van der Waals surface area (Å²) in [6.45, 7) is 4.49. The first-order chi connectivity index (χ1) is 15.3. The van der Waals surface area contributed by atoms with Crippen molar-refractivity contribution in [3.63, 3.8) is 0 Å². The lowest BCUT2D eigenvalue weighted by atomic mass is 10.0. The third-order valence-electron chi connectivity index (χ3n) is 5.46. The molecular formula is C23H20F5N3O2. The molecule has 0 saturated carbocycles. The highest BCUT2D eigenvalue weighted by Crippen LogP contribution is 2.31. The predicted molar refractivity (Wildman–Crippen MR) is 110 cm³/mol. The molecular weight excluding hydrogens is 445 g/mol. The molecule has 0 spiro atoms. The highest BCUT2D eigenvalue weighted by atomic mass is 19.4. The maximum Gasteiger partial charge on any atom is 0.416 e. The molecule has 2 aromatic carbocycles. The number of hydrogen-bond acceptors (Lipinski definition) is 3. The van der Waals surface area contributed by atoms with Gasteiger partial charge >= 0.3 is 6.18 Å². The second kappa shape index (κ2) is 8.76. The monoisotopic (exact) mass is 465 g/mol. The molecule has 5 nitrogen and oxygen atoms in total. The summed E-state index contributed by atoms with van der Waals surface area (Å²) < 4.78 is 67.2. The lowest BCUT2D eigenvalue weighted by Gasteiger charge is -2.24. The largest absolute Gasteiger partial charge is 0.416 e. The molecule has 1 amide bonds. The van der Waals surface area contributed by atoms with Crippen LogP contribution in [0.2, 0.25) is 0 Å². The zero-order valence-electron chi connectivity index (χ0n) is 18.2. The summed E-state index contributed by atoms with van der Waals surface area (Å²) in [4.78, 5) is 26.9. The van der Waals surface area contributed by atoms with E-state index < -0.39 is 41.1 Å². The van der Waals surface area contributed by atoms with E-state index >= 15 is 0 Å². The van der Waals surface area contributed by atoms with Gasteiger partial charge in [0.05, 0.1) is 34.2 Å². The van der Waals surface area contributed by atoms with Crippen LogP contribution in [0, 0.1) is 25.5 Å². The Labute approximate surface area is 186 Å². The van der Waals surface area contributed by atoms with Crippen molar-refractivity contribution in [2.24, 2.45) is 0 Å². The minimum absolute atomic E-state index is 0.0400. The molecule has 0 aliphatic rings. The van der Waals surface area contributed by atoms with E-state index in [9.17, 15) is 31.5 Å². The van der Waals surface area contributed by atoms with Crippen molar-refractivity contribution < 1.29 is 31.5 Å². The maximum atomic E-state index is 13.6. The number of aryl methyl sites for hydroxylation is 1. The minimum atomic E-state index is -4.56. The Morgan fingerprint density at radius 2 is 1.70 bits per heavy atom. The van der Waals surface area contributed by atoms with Crippen molar-refractivity contribution in [2.45, 2.75) is 33.0 Å². The van der Waals surface area contributed by atoms with Gasteiger partial charge in [0.2, 0.25) is 0 Å². The molecule has 0 radical (unpaired) electrons. The van der Waals surface area contributed by atoms with Crippen LogP contribution >= 0.6 is 0 Å². The van der Waals surface area contributed by atoms with Gasteiger partial charge in [-0.1, -0.05) is 12.1 Å². The summed E-state index contributed by atoms with van der Waals surface area (Å²) >= 11 is 0. The smallest absolute Gasteiger partial charge is 0.332 e. The number of nitrogens with zero attached hydrogens (tertiary/aromatic N) is 3. The van der Waals surface area contributed by atoms with Gasteiger partial charge in [-0.25, -0.2) is 13.5 Å². The van der Waals surface area contributed by atoms with Crippen LogP contribution in [0.5, 0.6) is 0 Å².